The molecule has 2 unspecified atom stereocenters. The lowest BCUT2D eigenvalue weighted by Gasteiger charge is -2.27. The Morgan fingerprint density at radius 3 is 2.30 bits per heavy atom. The number of aryl methyl sites for hydroxylation is 1. The summed E-state index contributed by atoms with van der Waals surface area (Å²) in [7, 11) is 0.420. The molecule has 0 radical (unpaired) electrons. The van der Waals surface area contributed by atoms with E-state index >= 15 is 0 Å². The number of hydrogen-bond acceptors (Lipinski definition) is 3. The molecule has 148 valence electrons. The molecule has 1 saturated carbocycles. The first-order chi connectivity index (χ1) is 12.4. The summed E-state index contributed by atoms with van der Waals surface area (Å²) in [5.74, 6) is 0. The predicted octanol–water partition coefficient (Wildman–Crippen LogP) is 4.09. The van der Waals surface area contributed by atoms with Gasteiger partial charge in [-0.15, -0.1) is 12.4 Å². The van der Waals surface area contributed by atoms with Crippen molar-refractivity contribution in [1.82, 2.24) is 9.21 Å². The Kier molecular flexibility index (Phi) is 7.46. The first-order valence-corrected chi connectivity index (χ1v) is 10.6. The highest BCUT2D eigenvalue weighted by Crippen LogP contribution is 2.31. The fraction of sp³-hybridized carbons (Fsp3) is 0.429. The maximum atomic E-state index is 13.0. The Labute approximate surface area is 169 Å². The molecule has 1 aliphatic rings. The van der Waals surface area contributed by atoms with Crippen LogP contribution in [0.15, 0.2) is 59.5 Å². The van der Waals surface area contributed by atoms with Crippen LogP contribution in [0, 0.1) is 6.92 Å². The number of sulfonamides is 1. The van der Waals surface area contributed by atoms with Crippen molar-refractivity contribution in [2.75, 3.05) is 14.1 Å². The first-order valence-electron chi connectivity index (χ1n) is 9.17. The van der Waals surface area contributed by atoms with Gasteiger partial charge in [-0.05, 0) is 56.5 Å². The van der Waals surface area contributed by atoms with E-state index in [1.54, 1.807) is 29.6 Å². The van der Waals surface area contributed by atoms with Crippen molar-refractivity contribution < 1.29 is 8.42 Å². The SMILES string of the molecule is Cc1cccc(S(=O)(=O)N(C)C2CCC(N(C)Cc3ccccc3)C2)c1.Cl. The lowest BCUT2D eigenvalue weighted by molar-refractivity contribution is 0.228. The van der Waals surface area contributed by atoms with E-state index in [1.165, 1.54) is 5.56 Å². The summed E-state index contributed by atoms with van der Waals surface area (Å²) in [5.41, 5.74) is 2.26. The van der Waals surface area contributed by atoms with Crippen LogP contribution in [0.5, 0.6) is 0 Å². The third kappa shape index (κ3) is 5.11. The summed E-state index contributed by atoms with van der Waals surface area (Å²) in [6.07, 6.45) is 2.82. The standard InChI is InChI=1S/C21H28N2O2S.ClH/c1-17-8-7-11-21(14-17)26(24,25)23(3)20-13-12-19(15-20)22(2)16-18-9-5-4-6-10-18;/h4-11,14,19-20H,12-13,15-16H2,1-3H3;1H. The van der Waals surface area contributed by atoms with Gasteiger partial charge in [-0.2, -0.15) is 4.31 Å². The van der Waals surface area contributed by atoms with Crippen LogP contribution in [-0.4, -0.2) is 43.8 Å². The molecule has 0 N–H and O–H groups in total. The smallest absolute Gasteiger partial charge is 0.243 e. The summed E-state index contributed by atoms with van der Waals surface area (Å²) in [5, 5.41) is 0. The second kappa shape index (κ2) is 9.20. The van der Waals surface area contributed by atoms with Crippen LogP contribution in [0.3, 0.4) is 0 Å². The van der Waals surface area contributed by atoms with Crippen molar-refractivity contribution in [3.05, 3.63) is 65.7 Å². The van der Waals surface area contributed by atoms with E-state index in [0.29, 0.717) is 10.9 Å². The fourth-order valence-corrected chi connectivity index (χ4v) is 5.31. The minimum absolute atomic E-state index is 0. The molecule has 1 aliphatic carbocycles. The molecule has 1 fully saturated rings. The van der Waals surface area contributed by atoms with Gasteiger partial charge in [0.05, 0.1) is 4.90 Å². The van der Waals surface area contributed by atoms with Crippen molar-refractivity contribution in [2.24, 2.45) is 0 Å². The van der Waals surface area contributed by atoms with Gasteiger partial charge in [-0.25, -0.2) is 8.42 Å². The van der Waals surface area contributed by atoms with Crippen LogP contribution < -0.4 is 0 Å². The molecule has 2 aromatic rings. The molecule has 3 rings (SSSR count). The molecule has 0 aromatic heterocycles. The van der Waals surface area contributed by atoms with Gasteiger partial charge < -0.3 is 0 Å². The highest BCUT2D eigenvalue weighted by molar-refractivity contribution is 7.89. The number of benzene rings is 2. The van der Waals surface area contributed by atoms with Gasteiger partial charge in [0.15, 0.2) is 0 Å². The molecule has 0 saturated heterocycles. The second-order valence-corrected chi connectivity index (χ2v) is 9.36. The zero-order valence-electron chi connectivity index (χ0n) is 16.2. The van der Waals surface area contributed by atoms with Crippen LogP contribution in [0.4, 0.5) is 0 Å². The summed E-state index contributed by atoms with van der Waals surface area (Å²) in [6.45, 7) is 2.82. The van der Waals surface area contributed by atoms with E-state index in [9.17, 15) is 8.42 Å². The minimum Gasteiger partial charge on any atom is -0.299 e. The number of rotatable bonds is 6. The Balaban J connectivity index is 0.00000261. The number of halogens is 1. The largest absolute Gasteiger partial charge is 0.299 e. The second-order valence-electron chi connectivity index (χ2n) is 7.36. The minimum atomic E-state index is -3.44. The van der Waals surface area contributed by atoms with Gasteiger partial charge in [-0.1, -0.05) is 42.5 Å². The normalized spacial score (nSPS) is 20.0. The third-order valence-corrected chi connectivity index (χ3v) is 7.36. The molecular formula is C21H29ClN2O2S. The summed E-state index contributed by atoms with van der Waals surface area (Å²) < 4.78 is 27.5. The molecule has 2 atom stereocenters. The van der Waals surface area contributed by atoms with Gasteiger partial charge in [-0.3, -0.25) is 4.90 Å². The molecular weight excluding hydrogens is 380 g/mol. The Morgan fingerprint density at radius 2 is 1.63 bits per heavy atom. The lowest BCUT2D eigenvalue weighted by Crippen LogP contribution is -2.37. The monoisotopic (exact) mass is 408 g/mol. The molecule has 27 heavy (non-hydrogen) atoms. The van der Waals surface area contributed by atoms with E-state index in [2.05, 4.69) is 36.2 Å². The van der Waals surface area contributed by atoms with E-state index in [-0.39, 0.29) is 18.4 Å². The Morgan fingerprint density at radius 1 is 0.963 bits per heavy atom. The van der Waals surface area contributed by atoms with E-state index < -0.39 is 10.0 Å². The van der Waals surface area contributed by atoms with Crippen molar-refractivity contribution in [1.29, 1.82) is 0 Å². The van der Waals surface area contributed by atoms with Gasteiger partial charge in [0.25, 0.3) is 0 Å². The van der Waals surface area contributed by atoms with Crippen LogP contribution in [0.2, 0.25) is 0 Å². The van der Waals surface area contributed by atoms with Crippen LogP contribution in [0.25, 0.3) is 0 Å². The Bertz CT molecular complexity index is 842. The van der Waals surface area contributed by atoms with Crippen LogP contribution in [-0.2, 0) is 16.6 Å². The van der Waals surface area contributed by atoms with Crippen molar-refractivity contribution >= 4 is 22.4 Å². The van der Waals surface area contributed by atoms with Crippen LogP contribution >= 0.6 is 12.4 Å². The maximum Gasteiger partial charge on any atom is 0.243 e. The molecule has 0 spiro atoms. The average molecular weight is 409 g/mol. The Hall–Kier alpha value is -1.40. The van der Waals surface area contributed by atoms with Gasteiger partial charge >= 0.3 is 0 Å². The number of hydrogen-bond donors (Lipinski definition) is 0. The van der Waals surface area contributed by atoms with Gasteiger partial charge in [0.2, 0.25) is 10.0 Å². The molecule has 4 nitrogen and oxygen atoms in total. The topological polar surface area (TPSA) is 40.6 Å². The highest BCUT2D eigenvalue weighted by Gasteiger charge is 2.35. The van der Waals surface area contributed by atoms with Crippen molar-refractivity contribution in [2.45, 2.75) is 49.7 Å². The van der Waals surface area contributed by atoms with Gasteiger partial charge in [0, 0.05) is 25.7 Å². The predicted molar refractivity (Wildman–Crippen MR) is 113 cm³/mol. The third-order valence-electron chi connectivity index (χ3n) is 5.46. The highest BCUT2D eigenvalue weighted by atomic mass is 35.5. The quantitative estimate of drug-likeness (QED) is 0.722. The van der Waals surface area contributed by atoms with Gasteiger partial charge in [0.1, 0.15) is 0 Å². The molecule has 0 aliphatic heterocycles. The summed E-state index contributed by atoms with van der Waals surface area (Å²) in [4.78, 5) is 2.74. The fourth-order valence-electron chi connectivity index (χ4n) is 3.80. The average Bonchev–Trinajstić information content (AvgIpc) is 3.12. The summed E-state index contributed by atoms with van der Waals surface area (Å²) >= 11 is 0. The molecule has 0 bridgehead atoms. The van der Waals surface area contributed by atoms with E-state index in [1.807, 2.05) is 19.1 Å². The molecule has 6 heteroatoms. The first kappa shape index (κ1) is 21.9. The lowest BCUT2D eigenvalue weighted by atomic mass is 10.1. The summed E-state index contributed by atoms with van der Waals surface area (Å²) in [6, 6.07) is 18.1. The van der Waals surface area contributed by atoms with Crippen molar-refractivity contribution in [3.63, 3.8) is 0 Å². The molecule has 0 heterocycles. The number of nitrogens with zero attached hydrogens (tertiary/aromatic N) is 2. The zero-order chi connectivity index (χ0) is 18.7. The molecule has 2 aromatic carbocycles. The molecule has 0 amide bonds. The van der Waals surface area contributed by atoms with E-state index in [4.69, 9.17) is 0 Å². The van der Waals surface area contributed by atoms with Crippen molar-refractivity contribution in [3.8, 4) is 0 Å². The maximum absolute atomic E-state index is 13.0. The zero-order valence-corrected chi connectivity index (χ0v) is 17.8. The van der Waals surface area contributed by atoms with E-state index in [0.717, 1.165) is 31.4 Å². The van der Waals surface area contributed by atoms with Crippen LogP contribution in [0.1, 0.15) is 30.4 Å².